The van der Waals surface area contributed by atoms with Crippen molar-refractivity contribution in [3.05, 3.63) is 58.9 Å². The summed E-state index contributed by atoms with van der Waals surface area (Å²) in [6, 6.07) is 3.55. The third-order valence-electron chi connectivity index (χ3n) is 8.76. The van der Waals surface area contributed by atoms with Gasteiger partial charge in [0.2, 0.25) is 5.75 Å². The lowest BCUT2D eigenvalue weighted by Crippen LogP contribution is -2.26. The van der Waals surface area contributed by atoms with E-state index in [4.69, 9.17) is 0 Å². The zero-order valence-corrected chi connectivity index (χ0v) is 23.0. The van der Waals surface area contributed by atoms with Gasteiger partial charge in [0.25, 0.3) is 0 Å². The van der Waals surface area contributed by atoms with Gasteiger partial charge in [0.05, 0.1) is 5.56 Å². The highest BCUT2D eigenvalue weighted by Gasteiger charge is 2.40. The fourth-order valence-electron chi connectivity index (χ4n) is 6.59. The number of ether oxygens (including phenoxy) is 2. The van der Waals surface area contributed by atoms with Gasteiger partial charge in [-0.05, 0) is 79.9 Å². The minimum Gasteiger partial charge on any atom is -0.429 e. The molecule has 0 spiro atoms. The average molecular weight is 593 g/mol. The molecule has 0 bridgehead atoms. The van der Waals surface area contributed by atoms with E-state index < -0.39 is 47.0 Å². The summed E-state index contributed by atoms with van der Waals surface area (Å²) in [5, 5.41) is 0. The van der Waals surface area contributed by atoms with Crippen molar-refractivity contribution in [1.29, 1.82) is 0 Å². The van der Waals surface area contributed by atoms with E-state index in [1.807, 2.05) is 0 Å². The standard InChI is InChI=1S/C31H36F8O2/c1-2-3-4-5-19-6-8-20(9-7-19)21-10-12-22(13-11-21)23-14-15-25(26(32)16-23)30(35,36)40-24-17-27(33)29(28(34)18-24)41-31(37,38)39/h14-22H,2-13H2,1H3/t19-,20-,21?,22?. The van der Waals surface area contributed by atoms with Crippen LogP contribution in [0.2, 0.25) is 0 Å². The van der Waals surface area contributed by atoms with E-state index in [-0.39, 0.29) is 18.1 Å². The molecule has 2 aliphatic rings. The summed E-state index contributed by atoms with van der Waals surface area (Å²) in [5.41, 5.74) is -0.548. The molecule has 2 aromatic rings. The monoisotopic (exact) mass is 592 g/mol. The van der Waals surface area contributed by atoms with Gasteiger partial charge in [-0.2, -0.15) is 8.78 Å². The number of benzene rings is 2. The molecule has 0 saturated heterocycles. The molecule has 0 radical (unpaired) electrons. The third kappa shape index (κ3) is 8.28. The Morgan fingerprint density at radius 3 is 1.83 bits per heavy atom. The predicted molar refractivity (Wildman–Crippen MR) is 138 cm³/mol. The van der Waals surface area contributed by atoms with Crippen LogP contribution in [0.4, 0.5) is 35.1 Å². The van der Waals surface area contributed by atoms with Gasteiger partial charge in [-0.15, -0.1) is 13.2 Å². The van der Waals surface area contributed by atoms with Crippen LogP contribution >= 0.6 is 0 Å². The molecule has 10 heteroatoms. The highest BCUT2D eigenvalue weighted by Crippen LogP contribution is 2.45. The van der Waals surface area contributed by atoms with Crippen LogP contribution in [0.5, 0.6) is 11.5 Å². The molecule has 4 rings (SSSR count). The highest BCUT2D eigenvalue weighted by atomic mass is 19.4. The molecule has 2 aromatic carbocycles. The van der Waals surface area contributed by atoms with Crippen LogP contribution < -0.4 is 9.47 Å². The zero-order valence-electron chi connectivity index (χ0n) is 23.0. The van der Waals surface area contributed by atoms with Crippen molar-refractivity contribution in [2.45, 2.75) is 102 Å². The maximum Gasteiger partial charge on any atom is 0.573 e. The zero-order chi connectivity index (χ0) is 29.8. The van der Waals surface area contributed by atoms with Crippen molar-refractivity contribution >= 4 is 0 Å². The molecular formula is C31H36F8O2. The Bertz CT molecular complexity index is 1130. The molecule has 0 unspecified atom stereocenters. The van der Waals surface area contributed by atoms with E-state index in [2.05, 4.69) is 16.4 Å². The quantitative estimate of drug-likeness (QED) is 0.202. The molecule has 2 saturated carbocycles. The van der Waals surface area contributed by atoms with Crippen molar-refractivity contribution in [2.24, 2.45) is 17.8 Å². The number of hydrogen-bond donors (Lipinski definition) is 0. The van der Waals surface area contributed by atoms with Crippen molar-refractivity contribution in [3.63, 3.8) is 0 Å². The lowest BCUT2D eigenvalue weighted by molar-refractivity contribution is -0.276. The first-order valence-corrected chi connectivity index (χ1v) is 14.5. The second-order valence-electron chi connectivity index (χ2n) is 11.5. The van der Waals surface area contributed by atoms with Crippen LogP contribution in [0.3, 0.4) is 0 Å². The van der Waals surface area contributed by atoms with Crippen molar-refractivity contribution in [1.82, 2.24) is 0 Å². The van der Waals surface area contributed by atoms with Crippen molar-refractivity contribution < 1.29 is 44.6 Å². The van der Waals surface area contributed by atoms with Crippen LogP contribution in [0, 0.1) is 35.2 Å². The first-order chi connectivity index (χ1) is 19.4. The third-order valence-corrected chi connectivity index (χ3v) is 8.76. The molecule has 0 N–H and O–H groups in total. The Balaban J connectivity index is 1.34. The predicted octanol–water partition coefficient (Wildman–Crippen LogP) is 10.8. The van der Waals surface area contributed by atoms with Gasteiger partial charge in [0.1, 0.15) is 11.6 Å². The summed E-state index contributed by atoms with van der Waals surface area (Å²) in [5.74, 6) is -5.74. The van der Waals surface area contributed by atoms with E-state index in [0.29, 0.717) is 11.5 Å². The normalized spacial score (nSPS) is 23.8. The Labute approximate surface area is 235 Å². The Kier molecular flexibility index (Phi) is 10.1. The smallest absolute Gasteiger partial charge is 0.429 e. The lowest BCUT2D eigenvalue weighted by Gasteiger charge is -2.38. The Morgan fingerprint density at radius 1 is 0.707 bits per heavy atom. The van der Waals surface area contributed by atoms with E-state index in [0.717, 1.165) is 49.7 Å². The molecular weight excluding hydrogens is 556 g/mol. The van der Waals surface area contributed by atoms with Crippen molar-refractivity contribution in [3.8, 4) is 11.5 Å². The maximum atomic E-state index is 14.9. The first kappa shape index (κ1) is 31.4. The molecule has 0 atom stereocenters. The maximum absolute atomic E-state index is 14.9. The molecule has 0 heterocycles. The Hall–Kier alpha value is -2.52. The minimum atomic E-state index is -5.40. The highest BCUT2D eigenvalue weighted by molar-refractivity contribution is 5.36. The molecule has 41 heavy (non-hydrogen) atoms. The summed E-state index contributed by atoms with van der Waals surface area (Å²) in [4.78, 5) is 0. The number of unbranched alkanes of at least 4 members (excludes halogenated alkanes) is 2. The van der Waals surface area contributed by atoms with Gasteiger partial charge in [0.15, 0.2) is 11.6 Å². The van der Waals surface area contributed by atoms with E-state index >= 15 is 0 Å². The molecule has 228 valence electrons. The molecule has 0 aliphatic heterocycles. The molecule has 0 aromatic heterocycles. The van der Waals surface area contributed by atoms with E-state index in [9.17, 15) is 35.1 Å². The average Bonchev–Trinajstić information content (AvgIpc) is 2.90. The van der Waals surface area contributed by atoms with E-state index in [1.54, 1.807) is 0 Å². The minimum absolute atomic E-state index is 0.0408. The molecule has 2 fully saturated rings. The Morgan fingerprint density at radius 2 is 1.29 bits per heavy atom. The van der Waals surface area contributed by atoms with Gasteiger partial charge in [-0.25, -0.2) is 13.2 Å². The number of halogens is 8. The SMILES string of the molecule is CCCCC[C@H]1CC[C@H](C2CCC(c3ccc(C(F)(F)Oc4cc(F)c(OC(F)(F)F)c(F)c4)c(F)c3)CC2)CC1. The summed E-state index contributed by atoms with van der Waals surface area (Å²) in [6.45, 7) is 2.22. The fraction of sp³-hybridized carbons (Fsp3) is 0.613. The largest absolute Gasteiger partial charge is 0.573 e. The second kappa shape index (κ2) is 13.2. The first-order valence-electron chi connectivity index (χ1n) is 14.5. The number of alkyl halides is 5. The van der Waals surface area contributed by atoms with Gasteiger partial charge in [-0.3, -0.25) is 0 Å². The number of rotatable bonds is 10. The molecule has 2 nitrogen and oxygen atoms in total. The van der Waals surface area contributed by atoms with Crippen LogP contribution in [0.25, 0.3) is 0 Å². The summed E-state index contributed by atoms with van der Waals surface area (Å²) < 4.78 is 117. The summed E-state index contributed by atoms with van der Waals surface area (Å²) in [7, 11) is 0. The number of hydrogen-bond acceptors (Lipinski definition) is 2. The van der Waals surface area contributed by atoms with Crippen LogP contribution in [-0.2, 0) is 6.11 Å². The van der Waals surface area contributed by atoms with Gasteiger partial charge in [0, 0.05) is 12.1 Å². The molecule has 2 aliphatic carbocycles. The molecule has 0 amide bonds. The summed E-state index contributed by atoms with van der Waals surface area (Å²) >= 11 is 0. The van der Waals surface area contributed by atoms with Gasteiger partial charge < -0.3 is 9.47 Å². The van der Waals surface area contributed by atoms with Crippen LogP contribution in [0.1, 0.15) is 101 Å². The lowest BCUT2D eigenvalue weighted by atomic mass is 9.68. The second-order valence-corrected chi connectivity index (χ2v) is 11.5. The van der Waals surface area contributed by atoms with Crippen LogP contribution in [0.15, 0.2) is 30.3 Å². The van der Waals surface area contributed by atoms with E-state index in [1.165, 1.54) is 57.4 Å². The van der Waals surface area contributed by atoms with Gasteiger partial charge >= 0.3 is 12.5 Å². The topological polar surface area (TPSA) is 18.5 Å². The van der Waals surface area contributed by atoms with Crippen molar-refractivity contribution in [2.75, 3.05) is 0 Å². The van der Waals surface area contributed by atoms with Gasteiger partial charge in [-0.1, -0.05) is 51.5 Å². The fourth-order valence-corrected chi connectivity index (χ4v) is 6.59. The summed E-state index contributed by atoms with van der Waals surface area (Å²) in [6.07, 6.45) is 4.27. The van der Waals surface area contributed by atoms with Crippen LogP contribution in [-0.4, -0.2) is 6.36 Å².